The maximum atomic E-state index is 11.3. The highest BCUT2D eigenvalue weighted by Gasteiger charge is 2.27. The number of hydrogen-bond donors (Lipinski definition) is 1. The summed E-state index contributed by atoms with van der Waals surface area (Å²) in [5.41, 5.74) is 0. The summed E-state index contributed by atoms with van der Waals surface area (Å²) in [5, 5.41) is 2.93. The van der Waals surface area contributed by atoms with E-state index in [1.807, 2.05) is 0 Å². The van der Waals surface area contributed by atoms with Crippen LogP contribution in [0.5, 0.6) is 0 Å². The first-order valence-corrected chi connectivity index (χ1v) is 5.65. The van der Waals surface area contributed by atoms with Crippen LogP contribution in [0.15, 0.2) is 12.7 Å². The minimum atomic E-state index is -0.129. The number of ether oxygens (including phenoxy) is 1. The molecule has 0 unspecified atom stereocenters. The van der Waals surface area contributed by atoms with E-state index in [1.165, 1.54) is 7.11 Å². The maximum absolute atomic E-state index is 11.3. The van der Waals surface area contributed by atoms with Gasteiger partial charge in [0.15, 0.2) is 0 Å². The molecule has 1 aliphatic carbocycles. The zero-order chi connectivity index (χ0) is 12.0. The molecule has 16 heavy (non-hydrogen) atoms. The van der Waals surface area contributed by atoms with Crippen LogP contribution in [0, 0.1) is 5.92 Å². The second-order valence-electron chi connectivity index (χ2n) is 4.13. The van der Waals surface area contributed by atoms with Crippen molar-refractivity contribution in [2.45, 2.75) is 38.1 Å². The topological polar surface area (TPSA) is 55.4 Å². The molecule has 0 radical (unpaired) electrons. The molecule has 1 aliphatic rings. The second kappa shape index (κ2) is 6.30. The molecule has 0 bridgehead atoms. The molecule has 1 fully saturated rings. The van der Waals surface area contributed by atoms with E-state index in [0.29, 0.717) is 6.42 Å². The first-order chi connectivity index (χ1) is 7.67. The van der Waals surface area contributed by atoms with Gasteiger partial charge in [0.05, 0.1) is 13.0 Å². The van der Waals surface area contributed by atoms with Crippen LogP contribution in [0.3, 0.4) is 0 Å². The highest BCUT2D eigenvalue weighted by Crippen LogP contribution is 2.25. The van der Waals surface area contributed by atoms with Gasteiger partial charge in [-0.3, -0.25) is 9.59 Å². The normalized spacial score (nSPS) is 24.6. The highest BCUT2D eigenvalue weighted by atomic mass is 16.5. The molecule has 0 aromatic carbocycles. The number of carbonyl (C=O) groups excluding carboxylic acids is 2. The van der Waals surface area contributed by atoms with E-state index >= 15 is 0 Å². The lowest BCUT2D eigenvalue weighted by Gasteiger charge is -2.27. The molecule has 1 amide bonds. The summed E-state index contributed by atoms with van der Waals surface area (Å²) in [7, 11) is 1.42. The lowest BCUT2D eigenvalue weighted by atomic mass is 9.86. The van der Waals surface area contributed by atoms with Gasteiger partial charge in [-0.15, -0.1) is 6.58 Å². The van der Waals surface area contributed by atoms with Gasteiger partial charge in [-0.25, -0.2) is 0 Å². The van der Waals surface area contributed by atoms with Gasteiger partial charge in [0.2, 0.25) is 5.91 Å². The van der Waals surface area contributed by atoms with Crippen LogP contribution in [0.1, 0.15) is 32.1 Å². The van der Waals surface area contributed by atoms with Gasteiger partial charge < -0.3 is 10.1 Å². The minimum Gasteiger partial charge on any atom is -0.469 e. The molecular weight excluding hydrogens is 206 g/mol. The Hall–Kier alpha value is -1.32. The lowest BCUT2D eigenvalue weighted by Crippen LogP contribution is -2.38. The van der Waals surface area contributed by atoms with Gasteiger partial charge in [-0.1, -0.05) is 6.08 Å². The van der Waals surface area contributed by atoms with E-state index in [-0.39, 0.29) is 23.8 Å². The fourth-order valence-corrected chi connectivity index (χ4v) is 2.06. The van der Waals surface area contributed by atoms with Crippen LogP contribution < -0.4 is 5.32 Å². The molecule has 0 spiro atoms. The summed E-state index contributed by atoms with van der Waals surface area (Å²) < 4.78 is 4.71. The number of methoxy groups -OCH3 is 1. The van der Waals surface area contributed by atoms with Crippen molar-refractivity contribution >= 4 is 11.9 Å². The van der Waals surface area contributed by atoms with E-state index in [9.17, 15) is 9.59 Å². The van der Waals surface area contributed by atoms with Gasteiger partial charge in [0.1, 0.15) is 0 Å². The van der Waals surface area contributed by atoms with Gasteiger partial charge in [0.25, 0.3) is 0 Å². The average molecular weight is 225 g/mol. The summed E-state index contributed by atoms with van der Waals surface area (Å²) in [6.07, 6.45) is 5.25. The van der Waals surface area contributed by atoms with Crippen molar-refractivity contribution in [1.29, 1.82) is 0 Å². The standard InChI is InChI=1S/C12H19NO3/c1-3-4-11(14)13-10-7-5-9(6-8-10)12(15)16-2/h3,9-10H,1,4-8H2,2H3,(H,13,14). The van der Waals surface area contributed by atoms with E-state index < -0.39 is 0 Å². The molecule has 1 saturated carbocycles. The minimum absolute atomic E-state index is 0.0107. The fraction of sp³-hybridized carbons (Fsp3) is 0.667. The Morgan fingerprint density at radius 1 is 1.38 bits per heavy atom. The number of nitrogens with one attached hydrogen (secondary N) is 1. The maximum Gasteiger partial charge on any atom is 0.308 e. The molecule has 90 valence electrons. The monoisotopic (exact) mass is 225 g/mol. The number of rotatable bonds is 4. The van der Waals surface area contributed by atoms with Crippen molar-refractivity contribution in [1.82, 2.24) is 5.32 Å². The Morgan fingerprint density at radius 2 is 2.00 bits per heavy atom. The first kappa shape index (κ1) is 12.7. The van der Waals surface area contributed by atoms with Crippen LogP contribution in [-0.2, 0) is 14.3 Å². The summed E-state index contributed by atoms with van der Waals surface area (Å²) in [5.74, 6) is -0.107. The number of amides is 1. The van der Waals surface area contributed by atoms with Crippen molar-refractivity contribution in [3.8, 4) is 0 Å². The SMILES string of the molecule is C=CCC(=O)NC1CCC(C(=O)OC)CC1. The van der Waals surface area contributed by atoms with E-state index in [0.717, 1.165) is 25.7 Å². The van der Waals surface area contributed by atoms with Gasteiger partial charge in [-0.2, -0.15) is 0 Å². The third-order valence-electron chi connectivity index (χ3n) is 2.96. The van der Waals surface area contributed by atoms with Crippen molar-refractivity contribution in [3.63, 3.8) is 0 Å². The Balaban J connectivity index is 2.29. The summed E-state index contributed by atoms with van der Waals surface area (Å²) in [6, 6.07) is 0.202. The van der Waals surface area contributed by atoms with Gasteiger partial charge in [-0.05, 0) is 25.7 Å². The number of esters is 1. The molecule has 0 heterocycles. The fourth-order valence-electron chi connectivity index (χ4n) is 2.06. The highest BCUT2D eigenvalue weighted by molar-refractivity contribution is 5.77. The summed E-state index contributed by atoms with van der Waals surface area (Å²) in [4.78, 5) is 22.6. The smallest absolute Gasteiger partial charge is 0.308 e. The molecule has 4 heteroatoms. The van der Waals surface area contributed by atoms with E-state index in [2.05, 4.69) is 11.9 Å². The van der Waals surface area contributed by atoms with E-state index in [4.69, 9.17) is 4.74 Å². The van der Waals surface area contributed by atoms with Crippen molar-refractivity contribution in [2.24, 2.45) is 5.92 Å². The summed E-state index contributed by atoms with van der Waals surface area (Å²) >= 11 is 0. The molecule has 0 saturated heterocycles. The molecule has 0 aromatic heterocycles. The summed E-state index contributed by atoms with van der Waals surface area (Å²) in [6.45, 7) is 3.52. The largest absolute Gasteiger partial charge is 0.469 e. The zero-order valence-corrected chi connectivity index (χ0v) is 9.70. The van der Waals surface area contributed by atoms with Crippen molar-refractivity contribution in [2.75, 3.05) is 7.11 Å². The predicted octanol–water partition coefficient (Wildman–Crippen LogP) is 1.41. The third kappa shape index (κ3) is 3.68. The zero-order valence-electron chi connectivity index (χ0n) is 9.70. The Labute approximate surface area is 96.0 Å². The van der Waals surface area contributed by atoms with E-state index in [1.54, 1.807) is 6.08 Å². The molecule has 0 atom stereocenters. The molecule has 0 aromatic rings. The van der Waals surface area contributed by atoms with Crippen molar-refractivity contribution in [3.05, 3.63) is 12.7 Å². The molecule has 4 nitrogen and oxygen atoms in total. The van der Waals surface area contributed by atoms with Gasteiger partial charge in [0, 0.05) is 12.5 Å². The van der Waals surface area contributed by atoms with Crippen LogP contribution in [0.25, 0.3) is 0 Å². The molecule has 1 N–H and O–H groups in total. The Kier molecular flexibility index (Phi) is 5.02. The predicted molar refractivity (Wildman–Crippen MR) is 60.7 cm³/mol. The third-order valence-corrected chi connectivity index (χ3v) is 2.96. The van der Waals surface area contributed by atoms with Crippen molar-refractivity contribution < 1.29 is 14.3 Å². The average Bonchev–Trinajstić information content (AvgIpc) is 2.29. The Bertz CT molecular complexity index is 267. The first-order valence-electron chi connectivity index (χ1n) is 5.65. The molecule has 0 aliphatic heterocycles. The lowest BCUT2D eigenvalue weighted by molar-refractivity contribution is -0.146. The van der Waals surface area contributed by atoms with Crippen LogP contribution >= 0.6 is 0 Å². The molecular formula is C12H19NO3. The van der Waals surface area contributed by atoms with Gasteiger partial charge >= 0.3 is 5.97 Å². The number of hydrogen-bond acceptors (Lipinski definition) is 3. The van der Waals surface area contributed by atoms with Crippen LogP contribution in [0.4, 0.5) is 0 Å². The van der Waals surface area contributed by atoms with Crippen LogP contribution in [0.2, 0.25) is 0 Å². The Morgan fingerprint density at radius 3 is 2.50 bits per heavy atom. The quantitative estimate of drug-likeness (QED) is 0.581. The second-order valence-corrected chi connectivity index (χ2v) is 4.13. The van der Waals surface area contributed by atoms with Crippen LogP contribution in [-0.4, -0.2) is 25.0 Å². The molecule has 1 rings (SSSR count). The number of carbonyl (C=O) groups is 2.